The molecule has 0 saturated carbocycles. The number of hydrogen-bond acceptors (Lipinski definition) is 3. The molecule has 1 amide bonds. The third-order valence-corrected chi connectivity index (χ3v) is 4.40. The molecule has 0 spiro atoms. The van der Waals surface area contributed by atoms with Crippen molar-refractivity contribution in [3.05, 3.63) is 75.2 Å². The number of nitrogens with one attached hydrogen (secondary N) is 1. The van der Waals surface area contributed by atoms with Crippen LogP contribution in [0.4, 0.5) is 4.39 Å². The quantitative estimate of drug-likeness (QED) is 0.750. The molecule has 1 aromatic heterocycles. The van der Waals surface area contributed by atoms with E-state index in [4.69, 9.17) is 0 Å². The number of carbonyl (C=O) groups excluding carboxylic acids is 1. The van der Waals surface area contributed by atoms with E-state index in [0.717, 1.165) is 11.0 Å². The molecule has 0 radical (unpaired) electrons. The van der Waals surface area contributed by atoms with E-state index in [9.17, 15) is 18.8 Å². The molecule has 0 saturated heterocycles. The van der Waals surface area contributed by atoms with Crippen molar-refractivity contribution in [1.82, 2.24) is 14.5 Å². The van der Waals surface area contributed by atoms with Gasteiger partial charge in [-0.1, -0.05) is 19.1 Å². The Morgan fingerprint density at radius 1 is 1.11 bits per heavy atom. The van der Waals surface area contributed by atoms with E-state index in [1.54, 1.807) is 31.2 Å². The maximum atomic E-state index is 13.3. The van der Waals surface area contributed by atoms with Crippen LogP contribution in [0.2, 0.25) is 0 Å². The Morgan fingerprint density at radius 3 is 2.44 bits per heavy atom. The molecular weight excluding hydrogens is 349 g/mol. The molecule has 0 aliphatic rings. The number of rotatable bonds is 5. The Kier molecular flexibility index (Phi) is 5.21. The predicted molar refractivity (Wildman–Crippen MR) is 102 cm³/mol. The van der Waals surface area contributed by atoms with Gasteiger partial charge in [0.25, 0.3) is 5.56 Å². The van der Waals surface area contributed by atoms with E-state index >= 15 is 0 Å². The van der Waals surface area contributed by atoms with Gasteiger partial charge in [-0.25, -0.2) is 13.8 Å². The maximum absolute atomic E-state index is 13.3. The molecule has 0 unspecified atom stereocenters. The summed E-state index contributed by atoms with van der Waals surface area (Å²) in [7, 11) is 0. The third kappa shape index (κ3) is 3.40. The van der Waals surface area contributed by atoms with E-state index in [-0.39, 0.29) is 11.6 Å². The smallest absolute Gasteiger partial charge is 0.336 e. The molecule has 3 aromatic rings. The molecule has 0 aliphatic carbocycles. The van der Waals surface area contributed by atoms with E-state index < -0.39 is 23.1 Å². The number of hydrogen-bond donors (Lipinski definition) is 1. The fraction of sp³-hybridized carbons (Fsp3) is 0.250. The number of fused-ring (bicyclic) bond motifs is 1. The first-order chi connectivity index (χ1) is 13.0. The molecular formula is C20H20FN3O3. The van der Waals surface area contributed by atoms with Crippen molar-refractivity contribution in [3.8, 4) is 5.69 Å². The summed E-state index contributed by atoms with van der Waals surface area (Å²) in [5, 5.41) is 3.07. The van der Waals surface area contributed by atoms with Gasteiger partial charge in [0.15, 0.2) is 0 Å². The SMILES string of the molecule is CCCNC(=O)[C@H](C)n1c(=O)n(-c2ccc(F)cc2)c(=O)c2ccccc21. The Hall–Kier alpha value is -3.22. The van der Waals surface area contributed by atoms with Gasteiger partial charge in [0, 0.05) is 6.54 Å². The zero-order valence-electron chi connectivity index (χ0n) is 15.1. The summed E-state index contributed by atoms with van der Waals surface area (Å²) >= 11 is 0. The van der Waals surface area contributed by atoms with Crippen molar-refractivity contribution in [3.63, 3.8) is 0 Å². The van der Waals surface area contributed by atoms with Crippen molar-refractivity contribution in [1.29, 1.82) is 0 Å². The fourth-order valence-electron chi connectivity index (χ4n) is 2.99. The second-order valence-corrected chi connectivity index (χ2v) is 6.25. The van der Waals surface area contributed by atoms with Crippen molar-refractivity contribution in [2.45, 2.75) is 26.3 Å². The summed E-state index contributed by atoms with van der Waals surface area (Å²) in [5.41, 5.74) is -0.541. The minimum atomic E-state index is -0.818. The normalized spacial score (nSPS) is 12.1. The number of benzene rings is 2. The highest BCUT2D eigenvalue weighted by Gasteiger charge is 2.22. The molecule has 0 aliphatic heterocycles. The molecule has 2 aromatic carbocycles. The number of nitrogens with zero attached hydrogens (tertiary/aromatic N) is 2. The fourth-order valence-corrected chi connectivity index (χ4v) is 2.99. The molecule has 1 N–H and O–H groups in total. The first kappa shape index (κ1) is 18.6. The second-order valence-electron chi connectivity index (χ2n) is 6.25. The summed E-state index contributed by atoms with van der Waals surface area (Å²) in [6, 6.07) is 10.9. The molecule has 1 atom stereocenters. The van der Waals surface area contributed by atoms with Crippen molar-refractivity contribution in [2.75, 3.05) is 6.54 Å². The highest BCUT2D eigenvalue weighted by Crippen LogP contribution is 2.15. The van der Waals surface area contributed by atoms with Gasteiger partial charge in [-0.3, -0.25) is 14.2 Å². The molecule has 140 valence electrons. The number of amides is 1. The van der Waals surface area contributed by atoms with Crippen LogP contribution in [0.15, 0.2) is 58.1 Å². The van der Waals surface area contributed by atoms with E-state index in [2.05, 4.69) is 5.32 Å². The average molecular weight is 369 g/mol. The molecule has 0 fully saturated rings. The van der Waals surface area contributed by atoms with Crippen molar-refractivity contribution >= 4 is 16.8 Å². The lowest BCUT2D eigenvalue weighted by Crippen LogP contribution is -2.43. The van der Waals surface area contributed by atoms with Crippen LogP contribution in [0.5, 0.6) is 0 Å². The van der Waals surface area contributed by atoms with Crippen LogP contribution in [0.3, 0.4) is 0 Å². The minimum absolute atomic E-state index is 0.243. The van der Waals surface area contributed by atoms with Crippen LogP contribution in [0.1, 0.15) is 26.3 Å². The van der Waals surface area contributed by atoms with Crippen LogP contribution >= 0.6 is 0 Å². The lowest BCUT2D eigenvalue weighted by Gasteiger charge is -2.19. The average Bonchev–Trinajstić information content (AvgIpc) is 2.67. The summed E-state index contributed by atoms with van der Waals surface area (Å²) in [5.74, 6) is -0.784. The van der Waals surface area contributed by atoms with Crippen LogP contribution < -0.4 is 16.6 Å². The van der Waals surface area contributed by atoms with Gasteiger partial charge < -0.3 is 5.32 Å². The molecule has 7 heteroatoms. The van der Waals surface area contributed by atoms with E-state index in [0.29, 0.717) is 17.4 Å². The largest absolute Gasteiger partial charge is 0.354 e. The summed E-state index contributed by atoms with van der Waals surface area (Å²) < 4.78 is 15.5. The predicted octanol–water partition coefficient (Wildman–Crippen LogP) is 2.38. The van der Waals surface area contributed by atoms with E-state index in [1.807, 2.05) is 6.92 Å². The Bertz CT molecular complexity index is 1100. The molecule has 0 bridgehead atoms. The topological polar surface area (TPSA) is 73.1 Å². The van der Waals surface area contributed by atoms with Gasteiger partial charge in [0.1, 0.15) is 11.9 Å². The first-order valence-corrected chi connectivity index (χ1v) is 8.75. The summed E-state index contributed by atoms with van der Waals surface area (Å²) in [4.78, 5) is 38.5. The zero-order chi connectivity index (χ0) is 19.6. The van der Waals surface area contributed by atoms with Crippen molar-refractivity contribution in [2.24, 2.45) is 0 Å². The van der Waals surface area contributed by atoms with E-state index in [1.165, 1.54) is 28.8 Å². The number of aromatic nitrogens is 2. The Labute approximate surface area is 154 Å². The maximum Gasteiger partial charge on any atom is 0.336 e. The van der Waals surface area contributed by atoms with Gasteiger partial charge in [-0.15, -0.1) is 0 Å². The molecule has 27 heavy (non-hydrogen) atoms. The minimum Gasteiger partial charge on any atom is -0.354 e. The number of carbonyl (C=O) groups is 1. The van der Waals surface area contributed by atoms with Gasteiger partial charge in [-0.05, 0) is 49.7 Å². The molecule has 6 nitrogen and oxygen atoms in total. The number of para-hydroxylation sites is 1. The first-order valence-electron chi connectivity index (χ1n) is 8.75. The van der Waals surface area contributed by atoms with Crippen LogP contribution in [0, 0.1) is 5.82 Å². The van der Waals surface area contributed by atoms with Gasteiger partial charge in [0.2, 0.25) is 5.91 Å². The molecule has 3 rings (SSSR count). The monoisotopic (exact) mass is 369 g/mol. The number of halogens is 1. The third-order valence-electron chi connectivity index (χ3n) is 4.40. The van der Waals surface area contributed by atoms with Crippen molar-refractivity contribution < 1.29 is 9.18 Å². The summed E-state index contributed by atoms with van der Waals surface area (Å²) in [6.45, 7) is 4.03. The van der Waals surface area contributed by atoms with Crippen LogP contribution in [-0.2, 0) is 4.79 Å². The van der Waals surface area contributed by atoms with Gasteiger partial charge in [-0.2, -0.15) is 0 Å². The van der Waals surface area contributed by atoms with Gasteiger partial charge in [0.05, 0.1) is 16.6 Å². The lowest BCUT2D eigenvalue weighted by atomic mass is 10.2. The zero-order valence-corrected chi connectivity index (χ0v) is 15.1. The highest BCUT2D eigenvalue weighted by atomic mass is 19.1. The Morgan fingerprint density at radius 2 is 1.78 bits per heavy atom. The molecule has 1 heterocycles. The Balaban J connectivity index is 2.30. The standard InChI is InChI=1S/C20H20FN3O3/c1-3-12-22-18(25)13(2)23-17-7-5-4-6-16(17)19(26)24(20(23)27)15-10-8-14(21)9-11-15/h4-11,13H,3,12H2,1-2H3,(H,22,25)/t13-/m0/s1. The van der Waals surface area contributed by atoms with Crippen LogP contribution in [0.25, 0.3) is 16.6 Å². The van der Waals surface area contributed by atoms with Crippen LogP contribution in [-0.4, -0.2) is 21.6 Å². The second kappa shape index (κ2) is 7.57. The lowest BCUT2D eigenvalue weighted by molar-refractivity contribution is -0.123. The highest BCUT2D eigenvalue weighted by molar-refractivity contribution is 5.84. The summed E-state index contributed by atoms with van der Waals surface area (Å²) in [6.07, 6.45) is 0.767. The van der Waals surface area contributed by atoms with Gasteiger partial charge >= 0.3 is 5.69 Å².